The Bertz CT molecular complexity index is 312. The van der Waals surface area contributed by atoms with E-state index in [1.165, 1.54) is 0 Å². The molecule has 102 valence electrons. The number of carbonyl (C=O) groups is 2. The van der Waals surface area contributed by atoms with Gasteiger partial charge in [0, 0.05) is 0 Å². The van der Waals surface area contributed by atoms with Gasteiger partial charge in [0.05, 0.1) is 6.54 Å². The highest BCUT2D eigenvalue weighted by molar-refractivity contribution is 5.76. The average molecular weight is 255 g/mol. The van der Waals surface area contributed by atoms with Gasteiger partial charge in [0.25, 0.3) is 0 Å². The maximum atomic E-state index is 11.8. The largest absolute Gasteiger partial charge is 0.480 e. The predicted molar refractivity (Wildman–Crippen MR) is 65.2 cm³/mol. The lowest BCUT2D eigenvalue weighted by Crippen LogP contribution is -2.47. The van der Waals surface area contributed by atoms with Crippen molar-refractivity contribution in [2.75, 3.05) is 13.1 Å². The fraction of sp³-hybridized carbons (Fsp3) is 0.846. The van der Waals surface area contributed by atoms with Crippen LogP contribution >= 0.6 is 0 Å². The minimum absolute atomic E-state index is 0.0607. The van der Waals surface area contributed by atoms with Gasteiger partial charge in [-0.15, -0.1) is 0 Å². The van der Waals surface area contributed by atoms with Crippen LogP contribution in [0, 0.1) is 0 Å². The number of likely N-dealkylation sites (tertiary alicyclic amines) is 1. The lowest BCUT2D eigenvalue weighted by Gasteiger charge is -2.32. The Balaban J connectivity index is 1.82. The first-order valence-electron chi connectivity index (χ1n) is 6.83. The summed E-state index contributed by atoms with van der Waals surface area (Å²) >= 11 is 0. The zero-order valence-electron chi connectivity index (χ0n) is 10.6. The number of hydrogen-bond donors (Lipinski definition) is 1. The number of ether oxygens (including phenoxy) is 1. The van der Waals surface area contributed by atoms with E-state index in [0.29, 0.717) is 13.0 Å². The standard InChI is InChI=1S/C13H21NO4/c15-12(18-10-5-1-2-6-10)9-14-8-4-3-7-11(14)13(16)17/h10-11H,1-9H2,(H,16,17). The summed E-state index contributed by atoms with van der Waals surface area (Å²) in [5, 5.41) is 9.11. The van der Waals surface area contributed by atoms with Crippen LogP contribution in [0.1, 0.15) is 44.9 Å². The monoisotopic (exact) mass is 255 g/mol. The molecular formula is C13H21NO4. The molecule has 2 fully saturated rings. The number of aliphatic carboxylic acids is 1. The third-order valence-corrected chi connectivity index (χ3v) is 3.83. The molecule has 1 N–H and O–H groups in total. The van der Waals surface area contributed by atoms with Gasteiger partial charge in [0.2, 0.25) is 0 Å². The summed E-state index contributed by atoms with van der Waals surface area (Å²) in [5.41, 5.74) is 0. The highest BCUT2D eigenvalue weighted by atomic mass is 16.5. The number of carboxylic acids is 1. The van der Waals surface area contributed by atoms with Crippen LogP contribution in [0.15, 0.2) is 0 Å². The van der Waals surface area contributed by atoms with Gasteiger partial charge >= 0.3 is 11.9 Å². The van der Waals surface area contributed by atoms with Crippen LogP contribution in [-0.2, 0) is 14.3 Å². The van der Waals surface area contributed by atoms with Crippen molar-refractivity contribution in [2.45, 2.75) is 57.1 Å². The minimum atomic E-state index is -0.830. The molecule has 1 unspecified atom stereocenters. The van der Waals surface area contributed by atoms with E-state index in [1.54, 1.807) is 4.90 Å². The van der Waals surface area contributed by atoms with E-state index in [9.17, 15) is 9.59 Å². The van der Waals surface area contributed by atoms with Crippen molar-refractivity contribution in [3.05, 3.63) is 0 Å². The number of carboxylic acid groups (broad SMARTS) is 1. The van der Waals surface area contributed by atoms with Crippen LogP contribution < -0.4 is 0 Å². The maximum Gasteiger partial charge on any atom is 0.320 e. The summed E-state index contributed by atoms with van der Waals surface area (Å²) in [5.74, 6) is -1.10. The van der Waals surface area contributed by atoms with Crippen molar-refractivity contribution in [1.82, 2.24) is 4.90 Å². The van der Waals surface area contributed by atoms with E-state index in [1.807, 2.05) is 0 Å². The van der Waals surface area contributed by atoms with Crippen molar-refractivity contribution < 1.29 is 19.4 Å². The van der Waals surface area contributed by atoms with Gasteiger partial charge in [-0.1, -0.05) is 6.42 Å². The van der Waals surface area contributed by atoms with Crippen LogP contribution in [0.3, 0.4) is 0 Å². The summed E-state index contributed by atoms with van der Waals surface area (Å²) in [4.78, 5) is 24.6. The molecule has 1 aliphatic heterocycles. The zero-order chi connectivity index (χ0) is 13.0. The van der Waals surface area contributed by atoms with Gasteiger partial charge < -0.3 is 9.84 Å². The van der Waals surface area contributed by atoms with Gasteiger partial charge in [-0.25, -0.2) is 0 Å². The molecule has 0 spiro atoms. The summed E-state index contributed by atoms with van der Waals surface area (Å²) in [7, 11) is 0. The molecule has 2 rings (SSSR count). The Morgan fingerprint density at radius 1 is 1.11 bits per heavy atom. The highest BCUT2D eigenvalue weighted by Gasteiger charge is 2.30. The molecule has 5 nitrogen and oxygen atoms in total. The Labute approximate surface area is 107 Å². The molecule has 0 bridgehead atoms. The molecule has 5 heteroatoms. The van der Waals surface area contributed by atoms with Crippen molar-refractivity contribution in [3.8, 4) is 0 Å². The van der Waals surface area contributed by atoms with E-state index < -0.39 is 12.0 Å². The van der Waals surface area contributed by atoms with Gasteiger partial charge in [-0.05, 0) is 45.1 Å². The molecule has 0 aromatic rings. The number of rotatable bonds is 4. The number of hydrogen-bond acceptors (Lipinski definition) is 4. The lowest BCUT2D eigenvalue weighted by atomic mass is 10.0. The molecule has 1 aliphatic carbocycles. The lowest BCUT2D eigenvalue weighted by molar-refractivity contribution is -0.154. The van der Waals surface area contributed by atoms with Gasteiger partial charge in [-0.3, -0.25) is 14.5 Å². The van der Waals surface area contributed by atoms with Gasteiger partial charge in [0.15, 0.2) is 0 Å². The first-order valence-corrected chi connectivity index (χ1v) is 6.83. The molecule has 1 atom stereocenters. The SMILES string of the molecule is O=C(CN1CCCCC1C(=O)O)OC1CCCC1. The van der Waals surface area contributed by atoms with Crippen LogP contribution in [0.2, 0.25) is 0 Å². The summed E-state index contributed by atoms with van der Waals surface area (Å²) < 4.78 is 5.37. The third-order valence-electron chi connectivity index (χ3n) is 3.83. The Kier molecular flexibility index (Phi) is 4.58. The Morgan fingerprint density at radius 3 is 2.44 bits per heavy atom. The number of esters is 1. The molecule has 0 aromatic carbocycles. The normalized spacial score (nSPS) is 26.1. The van der Waals surface area contributed by atoms with Crippen molar-refractivity contribution in [2.24, 2.45) is 0 Å². The second-order valence-electron chi connectivity index (χ2n) is 5.22. The Hall–Kier alpha value is -1.10. The van der Waals surface area contributed by atoms with Crippen LogP contribution in [0.25, 0.3) is 0 Å². The number of nitrogens with zero attached hydrogens (tertiary/aromatic N) is 1. The maximum absolute atomic E-state index is 11.8. The second kappa shape index (κ2) is 6.18. The average Bonchev–Trinajstić information content (AvgIpc) is 2.82. The smallest absolute Gasteiger partial charge is 0.320 e. The molecule has 2 aliphatic rings. The topological polar surface area (TPSA) is 66.8 Å². The Morgan fingerprint density at radius 2 is 1.78 bits per heavy atom. The summed E-state index contributed by atoms with van der Waals surface area (Å²) in [6.07, 6.45) is 6.73. The van der Waals surface area contributed by atoms with E-state index in [-0.39, 0.29) is 18.6 Å². The van der Waals surface area contributed by atoms with E-state index in [4.69, 9.17) is 9.84 Å². The molecular weight excluding hydrogens is 234 g/mol. The van der Waals surface area contributed by atoms with Crippen molar-refractivity contribution >= 4 is 11.9 Å². The number of carbonyl (C=O) groups excluding carboxylic acids is 1. The molecule has 18 heavy (non-hydrogen) atoms. The molecule has 1 heterocycles. The van der Waals surface area contributed by atoms with Gasteiger partial charge in [-0.2, -0.15) is 0 Å². The van der Waals surface area contributed by atoms with Crippen molar-refractivity contribution in [3.63, 3.8) is 0 Å². The molecule has 0 aromatic heterocycles. The van der Waals surface area contributed by atoms with Gasteiger partial charge in [0.1, 0.15) is 12.1 Å². The van der Waals surface area contributed by atoms with Crippen LogP contribution in [-0.4, -0.2) is 47.2 Å². The molecule has 1 saturated carbocycles. The first-order chi connectivity index (χ1) is 8.66. The van der Waals surface area contributed by atoms with Crippen LogP contribution in [0.5, 0.6) is 0 Å². The first kappa shape index (κ1) is 13.3. The third kappa shape index (κ3) is 3.45. The quantitative estimate of drug-likeness (QED) is 0.769. The van der Waals surface area contributed by atoms with E-state index >= 15 is 0 Å². The predicted octanol–water partition coefficient (Wildman–Crippen LogP) is 1.41. The fourth-order valence-electron chi connectivity index (χ4n) is 2.86. The molecule has 0 radical (unpaired) electrons. The second-order valence-corrected chi connectivity index (χ2v) is 5.22. The fourth-order valence-corrected chi connectivity index (χ4v) is 2.86. The van der Waals surface area contributed by atoms with Crippen molar-refractivity contribution in [1.29, 1.82) is 0 Å². The summed E-state index contributed by atoms with van der Waals surface area (Å²) in [6, 6.07) is -0.519. The summed E-state index contributed by atoms with van der Waals surface area (Å²) in [6.45, 7) is 0.796. The molecule has 1 saturated heterocycles. The zero-order valence-corrected chi connectivity index (χ0v) is 10.6. The molecule has 0 amide bonds. The number of piperidine rings is 1. The highest BCUT2D eigenvalue weighted by Crippen LogP contribution is 2.22. The van der Waals surface area contributed by atoms with E-state index in [2.05, 4.69) is 0 Å². The minimum Gasteiger partial charge on any atom is -0.480 e. The van der Waals surface area contributed by atoms with E-state index in [0.717, 1.165) is 38.5 Å². The van der Waals surface area contributed by atoms with Crippen LogP contribution in [0.4, 0.5) is 0 Å².